The lowest BCUT2D eigenvalue weighted by molar-refractivity contribution is 0.312. The fraction of sp³-hybridized carbons (Fsp3) is 0.429. The maximum absolute atomic E-state index is 9.61. The molecule has 1 atom stereocenters. The maximum Gasteiger partial charge on any atom is 0.0684 e. The van der Waals surface area contributed by atoms with Crippen molar-refractivity contribution in [2.45, 2.75) is 32.1 Å². The minimum Gasteiger partial charge on any atom is -0.404 e. The number of aliphatic hydroxyl groups is 1. The Morgan fingerprint density at radius 3 is 2.65 bits per heavy atom. The van der Waals surface area contributed by atoms with Crippen molar-refractivity contribution in [3.05, 3.63) is 62.8 Å². The number of piperidine rings is 1. The number of nitrogens with two attached hydrogens (primary N) is 1. The molecule has 1 unspecified atom stereocenters. The van der Waals surface area contributed by atoms with Crippen molar-refractivity contribution < 1.29 is 5.11 Å². The molecule has 1 aliphatic heterocycles. The molecule has 0 radical (unpaired) electrons. The Hall–Kier alpha value is -1.07. The van der Waals surface area contributed by atoms with Gasteiger partial charge in [-0.05, 0) is 91.6 Å². The molecule has 5 heteroatoms. The van der Waals surface area contributed by atoms with E-state index in [-0.39, 0.29) is 6.61 Å². The third kappa shape index (κ3) is 5.71. The van der Waals surface area contributed by atoms with Gasteiger partial charge in [0.15, 0.2) is 0 Å². The number of fused-ring (bicyclic) bond motifs is 1. The van der Waals surface area contributed by atoms with E-state index >= 15 is 0 Å². The zero-order valence-electron chi connectivity index (χ0n) is 15.3. The van der Waals surface area contributed by atoms with Crippen LogP contribution in [0.2, 0.25) is 5.02 Å². The van der Waals surface area contributed by atoms with Crippen molar-refractivity contribution >= 4 is 33.6 Å². The molecule has 0 saturated carbocycles. The molecule has 1 aliphatic carbocycles. The molecule has 26 heavy (non-hydrogen) atoms. The van der Waals surface area contributed by atoms with Gasteiger partial charge in [0, 0.05) is 15.7 Å². The molecule has 0 bridgehead atoms. The summed E-state index contributed by atoms with van der Waals surface area (Å²) in [6.45, 7) is 8.31. The Bertz CT molecular complexity index is 689. The van der Waals surface area contributed by atoms with Gasteiger partial charge in [-0.15, -0.1) is 0 Å². The lowest BCUT2D eigenvalue weighted by Crippen LogP contribution is -2.31. The molecule has 1 heterocycles. The van der Waals surface area contributed by atoms with Gasteiger partial charge in [0.05, 0.1) is 6.61 Å². The van der Waals surface area contributed by atoms with Crippen molar-refractivity contribution in [2.75, 3.05) is 19.7 Å². The predicted octanol–water partition coefficient (Wildman–Crippen LogP) is 4.96. The second kappa shape index (κ2) is 10.3. The first kappa shape index (κ1) is 21.2. The topological polar surface area (TPSA) is 58.3 Å². The first-order valence-electron chi connectivity index (χ1n) is 9.00. The first-order valence-corrected chi connectivity index (χ1v) is 10.2. The van der Waals surface area contributed by atoms with Crippen molar-refractivity contribution in [1.29, 1.82) is 0 Å². The molecule has 0 amide bonds. The third-order valence-electron chi connectivity index (χ3n) is 5.05. The molecule has 3 rings (SSSR count). The molecular formula is C21H28BrClN2O. The van der Waals surface area contributed by atoms with Crippen LogP contribution >= 0.6 is 27.5 Å². The summed E-state index contributed by atoms with van der Waals surface area (Å²) in [7, 11) is 0. The summed E-state index contributed by atoms with van der Waals surface area (Å²) in [4.78, 5) is 0. The number of rotatable bonds is 2. The highest BCUT2D eigenvalue weighted by atomic mass is 79.9. The molecule has 1 aromatic rings. The van der Waals surface area contributed by atoms with Gasteiger partial charge >= 0.3 is 0 Å². The molecule has 0 aromatic heterocycles. The number of allylic oxidation sites excluding steroid dienone is 1. The van der Waals surface area contributed by atoms with Crippen LogP contribution < -0.4 is 11.1 Å². The highest BCUT2D eigenvalue weighted by Crippen LogP contribution is 2.42. The number of hydrogen-bond donors (Lipinski definition) is 3. The van der Waals surface area contributed by atoms with Crippen LogP contribution in [0.1, 0.15) is 43.2 Å². The van der Waals surface area contributed by atoms with E-state index in [9.17, 15) is 5.11 Å². The molecule has 4 N–H and O–H groups in total. The smallest absolute Gasteiger partial charge is 0.0684 e. The Kier molecular flexibility index (Phi) is 8.42. The van der Waals surface area contributed by atoms with Crippen LogP contribution in [-0.4, -0.2) is 24.8 Å². The van der Waals surface area contributed by atoms with E-state index in [4.69, 9.17) is 17.3 Å². The number of nitrogens with one attached hydrogen (secondary N) is 1. The summed E-state index contributed by atoms with van der Waals surface area (Å²) in [6, 6.07) is 6.16. The van der Waals surface area contributed by atoms with E-state index in [1.54, 1.807) is 0 Å². The van der Waals surface area contributed by atoms with Gasteiger partial charge in [0.25, 0.3) is 0 Å². The average molecular weight is 440 g/mol. The normalized spacial score (nSPS) is 21.2. The van der Waals surface area contributed by atoms with Crippen LogP contribution in [0.15, 0.2) is 46.6 Å². The van der Waals surface area contributed by atoms with Crippen LogP contribution in [0, 0.1) is 5.92 Å². The molecular weight excluding hydrogens is 412 g/mol. The molecule has 1 fully saturated rings. The van der Waals surface area contributed by atoms with Crippen molar-refractivity contribution in [3.63, 3.8) is 0 Å². The lowest BCUT2D eigenvalue weighted by atomic mass is 9.76. The molecule has 1 saturated heterocycles. The lowest BCUT2D eigenvalue weighted by Gasteiger charge is -2.31. The highest BCUT2D eigenvalue weighted by Gasteiger charge is 2.29. The van der Waals surface area contributed by atoms with Gasteiger partial charge in [0.2, 0.25) is 0 Å². The molecule has 2 aliphatic rings. The number of aliphatic hydroxyl groups excluding tert-OH is 1. The second-order valence-corrected chi connectivity index (χ2v) is 8.54. The summed E-state index contributed by atoms with van der Waals surface area (Å²) >= 11 is 9.28. The summed E-state index contributed by atoms with van der Waals surface area (Å²) in [5, 5.41) is 13.8. The van der Waals surface area contributed by atoms with Gasteiger partial charge < -0.3 is 16.2 Å². The van der Waals surface area contributed by atoms with Gasteiger partial charge in [-0.2, -0.15) is 0 Å². The number of benzene rings is 1. The highest BCUT2D eigenvalue weighted by molar-refractivity contribution is 9.11. The summed E-state index contributed by atoms with van der Waals surface area (Å²) in [5.74, 6) is 1.15. The fourth-order valence-corrected chi connectivity index (χ4v) is 3.81. The largest absolute Gasteiger partial charge is 0.404 e. The zero-order valence-corrected chi connectivity index (χ0v) is 17.6. The predicted molar refractivity (Wildman–Crippen MR) is 115 cm³/mol. The van der Waals surface area contributed by atoms with Gasteiger partial charge in [-0.25, -0.2) is 0 Å². The third-order valence-corrected chi connectivity index (χ3v) is 5.55. The monoisotopic (exact) mass is 438 g/mol. The van der Waals surface area contributed by atoms with Crippen LogP contribution in [0.4, 0.5) is 0 Å². The standard InChI is InChI=1S/C18H22ClNO.C3H6BrN/c1-12-8-18(13-4-6-20-7-5-13)17-3-2-16(19)10-14(17)9-15(12)11-21;1-3(4)2-5/h2-3,9-10,13,18,20-21H,1,4-8,11H2;2H,5H2,1H3/b;3-2+. The maximum atomic E-state index is 9.61. The van der Waals surface area contributed by atoms with E-state index in [0.29, 0.717) is 11.8 Å². The van der Waals surface area contributed by atoms with Crippen LogP contribution in [0.5, 0.6) is 0 Å². The van der Waals surface area contributed by atoms with Crippen molar-refractivity contribution in [3.8, 4) is 0 Å². The van der Waals surface area contributed by atoms with E-state index in [2.05, 4.69) is 40.0 Å². The molecule has 0 spiro atoms. The van der Waals surface area contributed by atoms with Gasteiger partial charge in [0.1, 0.15) is 0 Å². The SMILES string of the molecule is C/C(Br)=C\N.C=C1CC(C2CCNCC2)c2ccc(Cl)cc2C=C1CO. The van der Waals surface area contributed by atoms with Crippen LogP contribution in [0.3, 0.4) is 0 Å². The zero-order chi connectivity index (χ0) is 19.1. The Morgan fingerprint density at radius 2 is 2.08 bits per heavy atom. The Balaban J connectivity index is 0.000000431. The molecule has 142 valence electrons. The van der Waals surface area contributed by atoms with E-state index in [1.807, 2.05) is 19.1 Å². The minimum atomic E-state index is 0.0454. The van der Waals surface area contributed by atoms with E-state index < -0.39 is 0 Å². The minimum absolute atomic E-state index is 0.0454. The number of halogens is 2. The Morgan fingerprint density at radius 1 is 1.42 bits per heavy atom. The fourth-order valence-electron chi connectivity index (χ4n) is 3.63. The van der Waals surface area contributed by atoms with Crippen LogP contribution in [0.25, 0.3) is 6.08 Å². The molecule has 1 aromatic carbocycles. The van der Waals surface area contributed by atoms with E-state index in [0.717, 1.165) is 45.7 Å². The van der Waals surface area contributed by atoms with Gasteiger partial charge in [-0.1, -0.05) is 40.2 Å². The second-order valence-electron chi connectivity index (χ2n) is 6.86. The van der Waals surface area contributed by atoms with Gasteiger partial charge in [-0.3, -0.25) is 0 Å². The summed E-state index contributed by atoms with van der Waals surface area (Å²) < 4.78 is 0.970. The summed E-state index contributed by atoms with van der Waals surface area (Å²) in [6.07, 6.45) is 6.90. The Labute approximate surface area is 170 Å². The van der Waals surface area contributed by atoms with Crippen molar-refractivity contribution in [1.82, 2.24) is 5.32 Å². The quantitative estimate of drug-likeness (QED) is 0.610. The first-order chi connectivity index (χ1) is 12.5. The molecule has 3 nitrogen and oxygen atoms in total. The van der Waals surface area contributed by atoms with E-state index in [1.165, 1.54) is 24.6 Å². The van der Waals surface area contributed by atoms with Crippen molar-refractivity contribution in [2.24, 2.45) is 11.7 Å². The van der Waals surface area contributed by atoms with Crippen LogP contribution in [-0.2, 0) is 0 Å². The number of hydrogen-bond acceptors (Lipinski definition) is 3. The average Bonchev–Trinajstić information content (AvgIpc) is 2.79. The summed E-state index contributed by atoms with van der Waals surface area (Å²) in [5.41, 5.74) is 9.47.